The molecule has 0 saturated heterocycles. The molecule has 4 heteroatoms. The van der Waals surface area contributed by atoms with E-state index in [0.29, 0.717) is 0 Å². The highest BCUT2D eigenvalue weighted by atomic mass is 32.2. The Morgan fingerprint density at radius 1 is 1.60 bits per heavy atom. The number of hydrogen-bond acceptors (Lipinski definition) is 4. The van der Waals surface area contributed by atoms with Crippen LogP contribution in [0.25, 0.3) is 0 Å². The second-order valence-electron chi connectivity index (χ2n) is 3.53. The number of rotatable bonds is 2. The number of aromatic hydroxyl groups is 1. The molecule has 1 aliphatic heterocycles. The number of fused-ring (bicyclic) bond motifs is 1. The number of hydrogen-bond donors (Lipinski definition) is 2. The summed E-state index contributed by atoms with van der Waals surface area (Å²) in [5.41, 5.74) is 1.13. The van der Waals surface area contributed by atoms with E-state index < -0.39 is 0 Å². The van der Waals surface area contributed by atoms with Gasteiger partial charge in [-0.2, -0.15) is 0 Å². The van der Waals surface area contributed by atoms with Crippen LogP contribution < -0.4 is 5.32 Å². The molecular formula is C11H13NO2S. The van der Waals surface area contributed by atoms with Crippen LogP contribution in [0, 0.1) is 0 Å². The minimum absolute atomic E-state index is 0.0861. The van der Waals surface area contributed by atoms with E-state index in [-0.39, 0.29) is 16.9 Å². The lowest BCUT2D eigenvalue weighted by atomic mass is 10.1. The quantitative estimate of drug-likeness (QED) is 0.798. The summed E-state index contributed by atoms with van der Waals surface area (Å²) in [4.78, 5) is 12.6. The molecule has 0 saturated carbocycles. The van der Waals surface area contributed by atoms with Crippen molar-refractivity contribution in [3.63, 3.8) is 0 Å². The molecule has 1 aromatic rings. The van der Waals surface area contributed by atoms with E-state index in [0.717, 1.165) is 23.4 Å². The number of phenols is 1. The van der Waals surface area contributed by atoms with Gasteiger partial charge in [0.25, 0.3) is 0 Å². The molecule has 0 fully saturated rings. The fraction of sp³-hybridized carbons (Fsp3) is 0.364. The number of nitrogens with one attached hydrogen (secondary N) is 1. The van der Waals surface area contributed by atoms with Crippen LogP contribution in [0.15, 0.2) is 23.1 Å². The Bertz CT molecular complexity index is 392. The third-order valence-electron chi connectivity index (χ3n) is 2.42. The maximum atomic E-state index is 11.7. The van der Waals surface area contributed by atoms with E-state index in [1.54, 1.807) is 12.1 Å². The second kappa shape index (κ2) is 4.24. The van der Waals surface area contributed by atoms with Crippen molar-refractivity contribution in [3.8, 4) is 5.75 Å². The summed E-state index contributed by atoms with van der Waals surface area (Å²) in [6, 6.07) is 5.12. The molecular weight excluding hydrogens is 210 g/mol. The van der Waals surface area contributed by atoms with Crippen LogP contribution in [0.4, 0.5) is 0 Å². The summed E-state index contributed by atoms with van der Waals surface area (Å²) < 4.78 is 0. The van der Waals surface area contributed by atoms with E-state index in [4.69, 9.17) is 0 Å². The van der Waals surface area contributed by atoms with Crippen molar-refractivity contribution >= 4 is 16.9 Å². The Morgan fingerprint density at radius 2 is 2.40 bits per heavy atom. The van der Waals surface area contributed by atoms with Crippen LogP contribution >= 0.6 is 11.8 Å². The van der Waals surface area contributed by atoms with Crippen molar-refractivity contribution in [2.24, 2.45) is 0 Å². The minimum atomic E-state index is -0.0861. The molecule has 1 unspecified atom stereocenters. The number of benzene rings is 1. The fourth-order valence-electron chi connectivity index (χ4n) is 1.69. The maximum absolute atomic E-state index is 11.7. The first kappa shape index (κ1) is 10.5. The van der Waals surface area contributed by atoms with Gasteiger partial charge in [0, 0.05) is 4.90 Å². The van der Waals surface area contributed by atoms with Gasteiger partial charge in [-0.1, -0.05) is 13.0 Å². The van der Waals surface area contributed by atoms with Gasteiger partial charge in [-0.05, 0) is 42.4 Å². The van der Waals surface area contributed by atoms with Crippen LogP contribution in [-0.4, -0.2) is 22.8 Å². The van der Waals surface area contributed by atoms with Crippen LogP contribution in [0.5, 0.6) is 5.75 Å². The van der Waals surface area contributed by atoms with Crippen molar-refractivity contribution in [2.45, 2.75) is 24.3 Å². The molecule has 0 bridgehead atoms. The molecule has 1 aliphatic rings. The Hall–Kier alpha value is -1.00. The number of carbonyl (C=O) groups excluding carboxylic acids is 1. The first-order valence-corrected chi connectivity index (χ1v) is 5.79. The molecule has 80 valence electrons. The SMILES string of the molecule is CCNC1Cc2ccc(O)cc2SC1=O. The third-order valence-corrected chi connectivity index (χ3v) is 3.51. The standard InChI is InChI=1S/C11H13NO2S/c1-2-12-9-5-7-3-4-8(13)6-10(7)15-11(9)14/h3-4,6,9,12-13H,2,5H2,1H3. The molecule has 1 atom stereocenters. The lowest BCUT2D eigenvalue weighted by Gasteiger charge is -2.23. The Labute approximate surface area is 92.9 Å². The van der Waals surface area contributed by atoms with Gasteiger partial charge in [0.2, 0.25) is 5.12 Å². The lowest BCUT2D eigenvalue weighted by molar-refractivity contribution is -0.112. The maximum Gasteiger partial charge on any atom is 0.210 e. The highest BCUT2D eigenvalue weighted by Gasteiger charge is 2.26. The topological polar surface area (TPSA) is 49.3 Å². The monoisotopic (exact) mass is 223 g/mol. The zero-order chi connectivity index (χ0) is 10.8. The smallest absolute Gasteiger partial charge is 0.210 e. The fourth-order valence-corrected chi connectivity index (χ4v) is 2.68. The van der Waals surface area contributed by atoms with Gasteiger partial charge in [-0.15, -0.1) is 0 Å². The summed E-state index contributed by atoms with van der Waals surface area (Å²) >= 11 is 1.21. The third kappa shape index (κ3) is 2.16. The van der Waals surface area contributed by atoms with E-state index in [2.05, 4.69) is 5.32 Å². The molecule has 15 heavy (non-hydrogen) atoms. The summed E-state index contributed by atoms with van der Waals surface area (Å²) in [5.74, 6) is 0.218. The molecule has 2 rings (SSSR count). The van der Waals surface area contributed by atoms with E-state index in [1.165, 1.54) is 11.8 Å². The van der Waals surface area contributed by atoms with Gasteiger partial charge in [0.05, 0.1) is 6.04 Å². The van der Waals surface area contributed by atoms with Gasteiger partial charge >= 0.3 is 0 Å². The predicted octanol–water partition coefficient (Wildman–Crippen LogP) is 1.55. The number of likely N-dealkylation sites (N-methyl/N-ethyl adjacent to an activating group) is 1. The van der Waals surface area contributed by atoms with Crippen molar-refractivity contribution in [3.05, 3.63) is 23.8 Å². The zero-order valence-corrected chi connectivity index (χ0v) is 9.30. The molecule has 1 aromatic carbocycles. The largest absolute Gasteiger partial charge is 0.508 e. The molecule has 0 radical (unpaired) electrons. The molecule has 1 heterocycles. The second-order valence-corrected chi connectivity index (χ2v) is 4.57. The molecule has 2 N–H and O–H groups in total. The van der Waals surface area contributed by atoms with Gasteiger partial charge < -0.3 is 10.4 Å². The molecule has 0 aromatic heterocycles. The van der Waals surface area contributed by atoms with E-state index in [9.17, 15) is 9.90 Å². The molecule has 0 amide bonds. The summed E-state index contributed by atoms with van der Waals surface area (Å²) in [7, 11) is 0. The van der Waals surface area contributed by atoms with E-state index in [1.807, 2.05) is 13.0 Å². The summed E-state index contributed by atoms with van der Waals surface area (Å²) in [6.45, 7) is 2.79. The number of carbonyl (C=O) groups is 1. The van der Waals surface area contributed by atoms with Crippen LogP contribution in [0.1, 0.15) is 12.5 Å². The van der Waals surface area contributed by atoms with Crippen molar-refractivity contribution in [1.82, 2.24) is 5.32 Å². The zero-order valence-electron chi connectivity index (χ0n) is 8.49. The summed E-state index contributed by atoms with van der Waals surface area (Å²) in [5, 5.41) is 12.6. The molecule has 3 nitrogen and oxygen atoms in total. The van der Waals surface area contributed by atoms with E-state index >= 15 is 0 Å². The van der Waals surface area contributed by atoms with Crippen molar-refractivity contribution in [2.75, 3.05) is 6.54 Å². The Morgan fingerprint density at radius 3 is 3.13 bits per heavy atom. The Kier molecular flexibility index (Phi) is 2.98. The molecule has 0 spiro atoms. The average Bonchev–Trinajstić information content (AvgIpc) is 2.20. The summed E-state index contributed by atoms with van der Waals surface area (Å²) in [6.07, 6.45) is 0.718. The first-order valence-electron chi connectivity index (χ1n) is 4.97. The van der Waals surface area contributed by atoms with Crippen molar-refractivity contribution in [1.29, 1.82) is 0 Å². The van der Waals surface area contributed by atoms with Gasteiger partial charge in [0.1, 0.15) is 5.75 Å². The average molecular weight is 223 g/mol. The number of thioether (sulfide) groups is 1. The number of phenolic OH excluding ortho intramolecular Hbond substituents is 1. The van der Waals surface area contributed by atoms with Crippen LogP contribution in [0.2, 0.25) is 0 Å². The minimum Gasteiger partial charge on any atom is -0.508 e. The lowest BCUT2D eigenvalue weighted by Crippen LogP contribution is -2.39. The van der Waals surface area contributed by atoms with Crippen LogP contribution in [-0.2, 0) is 11.2 Å². The van der Waals surface area contributed by atoms with Gasteiger partial charge in [0.15, 0.2) is 0 Å². The predicted molar refractivity (Wildman–Crippen MR) is 60.1 cm³/mol. The van der Waals surface area contributed by atoms with Crippen LogP contribution in [0.3, 0.4) is 0 Å². The van der Waals surface area contributed by atoms with Crippen molar-refractivity contribution < 1.29 is 9.90 Å². The van der Waals surface area contributed by atoms with Gasteiger partial charge in [-0.3, -0.25) is 4.79 Å². The molecule has 0 aliphatic carbocycles. The highest BCUT2D eigenvalue weighted by molar-refractivity contribution is 8.14. The van der Waals surface area contributed by atoms with Gasteiger partial charge in [-0.25, -0.2) is 0 Å². The first-order chi connectivity index (χ1) is 7.20. The Balaban J connectivity index is 2.26. The normalized spacial score (nSPS) is 20.1. The highest BCUT2D eigenvalue weighted by Crippen LogP contribution is 2.33.